The molecule has 0 N–H and O–H groups in total. The molecule has 6 nitrogen and oxygen atoms in total. The van der Waals surface area contributed by atoms with Gasteiger partial charge in [0.25, 0.3) is 0 Å². The topological polar surface area (TPSA) is 52.6 Å². The number of rotatable bonds is 5. The number of carbonyl (C=O) groups excluding carboxylic acids is 1. The molecule has 0 aliphatic carbocycles. The second kappa shape index (κ2) is 8.86. The highest BCUT2D eigenvalue weighted by Crippen LogP contribution is 2.33. The summed E-state index contributed by atoms with van der Waals surface area (Å²) in [5.41, 5.74) is 5.58. The van der Waals surface area contributed by atoms with Gasteiger partial charge < -0.3 is 4.90 Å². The SMILES string of the molecule is Cc1nc(-c2ccc3c(c2)CCN3C(=O)CN2CCN(Cc3ccccn3)CC2)cs1. The summed E-state index contributed by atoms with van der Waals surface area (Å²) in [5, 5.41) is 3.18. The quantitative estimate of drug-likeness (QED) is 0.618. The monoisotopic (exact) mass is 433 g/mol. The standard InChI is InChI=1S/C24H27N5OS/c1-18-26-22(17-31-18)19-5-6-23-20(14-19)7-9-29(23)24(30)16-28-12-10-27(11-13-28)15-21-4-2-3-8-25-21/h2-6,8,14,17H,7,9-13,15-16H2,1H3. The number of piperazine rings is 1. The summed E-state index contributed by atoms with van der Waals surface area (Å²) in [5.74, 6) is 0.203. The molecule has 31 heavy (non-hydrogen) atoms. The Kier molecular flexibility index (Phi) is 5.80. The van der Waals surface area contributed by atoms with Crippen molar-refractivity contribution in [3.8, 4) is 11.3 Å². The maximum absolute atomic E-state index is 13.1. The van der Waals surface area contributed by atoms with Crippen LogP contribution >= 0.6 is 11.3 Å². The van der Waals surface area contributed by atoms with Crippen molar-refractivity contribution >= 4 is 22.9 Å². The maximum atomic E-state index is 13.1. The van der Waals surface area contributed by atoms with Crippen molar-refractivity contribution in [1.82, 2.24) is 19.8 Å². The Morgan fingerprint density at radius 1 is 1.06 bits per heavy atom. The van der Waals surface area contributed by atoms with E-state index >= 15 is 0 Å². The number of pyridine rings is 1. The van der Waals surface area contributed by atoms with E-state index in [2.05, 4.69) is 49.4 Å². The van der Waals surface area contributed by atoms with Crippen LogP contribution in [0.15, 0.2) is 48.0 Å². The number of anilines is 1. The van der Waals surface area contributed by atoms with Crippen LogP contribution in [0.2, 0.25) is 0 Å². The fourth-order valence-corrected chi connectivity index (χ4v) is 5.04. The molecule has 5 rings (SSSR count). The van der Waals surface area contributed by atoms with Gasteiger partial charge in [-0.3, -0.25) is 19.6 Å². The lowest BCUT2D eigenvalue weighted by atomic mass is 10.1. The summed E-state index contributed by atoms with van der Waals surface area (Å²) < 4.78 is 0. The van der Waals surface area contributed by atoms with Gasteiger partial charge in [0.05, 0.1) is 22.9 Å². The van der Waals surface area contributed by atoms with Crippen molar-refractivity contribution in [3.63, 3.8) is 0 Å². The first-order valence-electron chi connectivity index (χ1n) is 10.9. The van der Waals surface area contributed by atoms with Crippen LogP contribution in [-0.4, -0.2) is 64.9 Å². The summed E-state index contributed by atoms with van der Waals surface area (Å²) >= 11 is 1.67. The van der Waals surface area contributed by atoms with E-state index in [1.165, 1.54) is 5.56 Å². The third-order valence-electron chi connectivity index (χ3n) is 6.13. The number of amides is 1. The number of fused-ring (bicyclic) bond motifs is 1. The molecule has 2 aliphatic heterocycles. The van der Waals surface area contributed by atoms with Crippen LogP contribution in [0.4, 0.5) is 5.69 Å². The molecule has 1 saturated heterocycles. The molecule has 3 aromatic rings. The molecule has 2 aromatic heterocycles. The molecule has 160 valence electrons. The summed E-state index contributed by atoms with van der Waals surface area (Å²) in [6, 6.07) is 12.4. The lowest BCUT2D eigenvalue weighted by molar-refractivity contribution is -0.120. The first kappa shape index (κ1) is 20.3. The van der Waals surface area contributed by atoms with Crippen molar-refractivity contribution in [3.05, 3.63) is 64.2 Å². The minimum absolute atomic E-state index is 0.203. The molecule has 1 aromatic carbocycles. The van der Waals surface area contributed by atoms with Gasteiger partial charge in [0.15, 0.2) is 0 Å². The molecule has 1 amide bonds. The maximum Gasteiger partial charge on any atom is 0.241 e. The number of hydrogen-bond acceptors (Lipinski definition) is 6. The van der Waals surface area contributed by atoms with E-state index in [1.54, 1.807) is 11.3 Å². The number of aromatic nitrogens is 2. The number of aryl methyl sites for hydroxylation is 1. The summed E-state index contributed by atoms with van der Waals surface area (Å²) in [6.45, 7) is 7.94. The predicted octanol–water partition coefficient (Wildman–Crippen LogP) is 3.22. The van der Waals surface area contributed by atoms with Gasteiger partial charge in [-0.25, -0.2) is 4.98 Å². The average molecular weight is 434 g/mol. The Balaban J connectivity index is 1.17. The normalized spacial score (nSPS) is 17.1. The van der Waals surface area contributed by atoms with E-state index in [4.69, 9.17) is 0 Å². The zero-order valence-electron chi connectivity index (χ0n) is 17.8. The smallest absolute Gasteiger partial charge is 0.241 e. The highest BCUT2D eigenvalue weighted by atomic mass is 32.1. The zero-order valence-corrected chi connectivity index (χ0v) is 18.6. The molecule has 0 saturated carbocycles. The fourth-order valence-electron chi connectivity index (χ4n) is 4.42. The van der Waals surface area contributed by atoms with Crippen LogP contribution in [-0.2, 0) is 17.8 Å². The van der Waals surface area contributed by atoms with Crippen LogP contribution < -0.4 is 4.90 Å². The van der Waals surface area contributed by atoms with Crippen molar-refractivity contribution in [2.24, 2.45) is 0 Å². The van der Waals surface area contributed by atoms with Crippen LogP contribution in [0.1, 0.15) is 16.3 Å². The van der Waals surface area contributed by atoms with E-state index in [0.29, 0.717) is 6.54 Å². The lowest BCUT2D eigenvalue weighted by Gasteiger charge is -2.34. The van der Waals surface area contributed by atoms with Gasteiger partial charge in [0.1, 0.15) is 0 Å². The van der Waals surface area contributed by atoms with Gasteiger partial charge >= 0.3 is 0 Å². The van der Waals surface area contributed by atoms with Crippen LogP contribution in [0.5, 0.6) is 0 Å². The van der Waals surface area contributed by atoms with Gasteiger partial charge in [-0.1, -0.05) is 12.1 Å². The van der Waals surface area contributed by atoms with E-state index < -0.39 is 0 Å². The lowest BCUT2D eigenvalue weighted by Crippen LogP contribution is -2.49. The molecule has 0 unspecified atom stereocenters. The molecule has 2 aliphatic rings. The Labute approximate surface area is 187 Å². The number of hydrogen-bond donors (Lipinski definition) is 0. The highest BCUT2D eigenvalue weighted by molar-refractivity contribution is 7.09. The number of carbonyl (C=O) groups is 1. The van der Waals surface area contributed by atoms with Crippen LogP contribution in [0.3, 0.4) is 0 Å². The van der Waals surface area contributed by atoms with Crippen molar-refractivity contribution in [2.75, 3.05) is 44.2 Å². The Hall–Kier alpha value is -2.61. The highest BCUT2D eigenvalue weighted by Gasteiger charge is 2.27. The fraction of sp³-hybridized carbons (Fsp3) is 0.375. The largest absolute Gasteiger partial charge is 0.311 e. The molecular formula is C24H27N5OS. The van der Waals surface area contributed by atoms with Crippen molar-refractivity contribution in [1.29, 1.82) is 0 Å². The third kappa shape index (κ3) is 4.54. The minimum atomic E-state index is 0.203. The first-order chi connectivity index (χ1) is 15.2. The molecule has 7 heteroatoms. The second-order valence-electron chi connectivity index (χ2n) is 8.26. The van der Waals surface area contributed by atoms with E-state index in [9.17, 15) is 4.79 Å². The Morgan fingerprint density at radius 2 is 1.90 bits per heavy atom. The summed E-state index contributed by atoms with van der Waals surface area (Å²) in [7, 11) is 0. The summed E-state index contributed by atoms with van der Waals surface area (Å²) in [6.07, 6.45) is 2.76. The van der Waals surface area contributed by atoms with E-state index in [1.807, 2.05) is 30.2 Å². The Morgan fingerprint density at radius 3 is 2.65 bits per heavy atom. The Bertz CT molecular complexity index is 1060. The number of benzene rings is 1. The van der Waals surface area contributed by atoms with Gasteiger partial charge in [0.2, 0.25) is 5.91 Å². The second-order valence-corrected chi connectivity index (χ2v) is 9.33. The average Bonchev–Trinajstić information content (AvgIpc) is 3.41. The van der Waals surface area contributed by atoms with Gasteiger partial charge in [0, 0.05) is 62.1 Å². The van der Waals surface area contributed by atoms with Crippen LogP contribution in [0, 0.1) is 6.92 Å². The van der Waals surface area contributed by atoms with E-state index in [-0.39, 0.29) is 5.91 Å². The van der Waals surface area contributed by atoms with Gasteiger partial charge in [-0.2, -0.15) is 0 Å². The summed E-state index contributed by atoms with van der Waals surface area (Å²) in [4.78, 5) is 28.7. The molecular weight excluding hydrogens is 406 g/mol. The molecule has 0 bridgehead atoms. The minimum Gasteiger partial charge on any atom is -0.311 e. The van der Waals surface area contributed by atoms with Crippen molar-refractivity contribution < 1.29 is 4.79 Å². The zero-order chi connectivity index (χ0) is 21.2. The molecule has 1 fully saturated rings. The molecule has 0 atom stereocenters. The first-order valence-corrected chi connectivity index (χ1v) is 11.7. The van der Waals surface area contributed by atoms with Gasteiger partial charge in [-0.15, -0.1) is 11.3 Å². The number of thiazole rings is 1. The molecule has 0 spiro atoms. The molecule has 0 radical (unpaired) electrons. The van der Waals surface area contributed by atoms with Gasteiger partial charge in [-0.05, 0) is 43.2 Å². The van der Waals surface area contributed by atoms with Crippen molar-refractivity contribution in [2.45, 2.75) is 19.9 Å². The predicted molar refractivity (Wildman–Crippen MR) is 124 cm³/mol. The number of nitrogens with zero attached hydrogens (tertiary/aromatic N) is 5. The third-order valence-corrected chi connectivity index (χ3v) is 6.90. The van der Waals surface area contributed by atoms with E-state index in [0.717, 1.165) is 73.3 Å². The van der Waals surface area contributed by atoms with Crippen LogP contribution in [0.25, 0.3) is 11.3 Å². The molecule has 4 heterocycles.